The molecule has 0 aliphatic heterocycles. The van der Waals surface area contributed by atoms with Gasteiger partial charge in [0.15, 0.2) is 12.2 Å². The Bertz CT molecular complexity index is 1780. The van der Waals surface area contributed by atoms with Crippen molar-refractivity contribution >= 4 is 39.5 Å². The van der Waals surface area contributed by atoms with Gasteiger partial charge in [-0.2, -0.15) is 0 Å². The highest BCUT2D eigenvalue weighted by atomic mass is 31.2. The molecule has 90 heavy (non-hydrogen) atoms. The first-order valence-electron chi connectivity index (χ1n) is 36.7. The Morgan fingerprint density at radius 3 is 0.689 bits per heavy atom. The Hall–Kier alpha value is -1.94. The van der Waals surface area contributed by atoms with Crippen LogP contribution in [0.2, 0.25) is 0 Å². The lowest BCUT2D eigenvalue weighted by Gasteiger charge is -2.21. The SMILES string of the molecule is CC(C)CCCCCCCCCCCCCCCCCC(=O)OC[C@H](COP(=O)(O)OCC(O)COP(=O)(O)OC[C@@H](COC(=O)CCCCCCCCCC(C)C)OC(=O)CCCCCCCCCC(C)C)OC(=O)CCCCCCCCCCCC(C)C. The van der Waals surface area contributed by atoms with E-state index in [2.05, 4.69) is 55.4 Å². The molecular formula is C71H138O17P2. The summed E-state index contributed by atoms with van der Waals surface area (Å²) in [5, 5.41) is 10.6. The number of phosphoric ester groups is 2. The van der Waals surface area contributed by atoms with Crippen molar-refractivity contribution < 1.29 is 80.2 Å². The summed E-state index contributed by atoms with van der Waals surface area (Å²) in [7, 11) is -9.90. The predicted molar refractivity (Wildman–Crippen MR) is 363 cm³/mol. The minimum Gasteiger partial charge on any atom is -0.462 e. The summed E-state index contributed by atoms with van der Waals surface area (Å²) in [5.41, 5.74) is 0. The first-order chi connectivity index (χ1) is 43.1. The standard InChI is InChI=1S/C71H138O17P2/c1-61(2)47-39-31-23-17-14-12-10-9-11-13-15-19-27-35-43-51-68(73)81-57-66(87-70(75)53-45-37-28-20-16-18-24-32-40-48-62(3)4)59-85-89(77,78)83-55-65(72)56-84-90(79,80)86-60-67(88-71(76)54-46-38-30-22-26-34-42-50-64(7)8)58-82-69(74)52-44-36-29-21-25-33-41-49-63(5)6/h61-67,72H,9-60H2,1-8H3,(H,77,78)(H,79,80)/t65?,66-,67-/m1/s1. The van der Waals surface area contributed by atoms with E-state index in [4.69, 9.17) is 37.0 Å². The number of carbonyl (C=O) groups is 4. The Morgan fingerprint density at radius 2 is 0.467 bits per heavy atom. The van der Waals surface area contributed by atoms with Gasteiger partial charge in [-0.15, -0.1) is 0 Å². The molecular weight excluding hydrogens is 1190 g/mol. The maximum Gasteiger partial charge on any atom is 0.472 e. The van der Waals surface area contributed by atoms with Crippen LogP contribution in [0, 0.1) is 23.7 Å². The van der Waals surface area contributed by atoms with Crippen molar-refractivity contribution in [2.24, 2.45) is 23.7 Å². The zero-order valence-corrected chi connectivity index (χ0v) is 60.6. The Labute approximate surface area is 549 Å². The smallest absolute Gasteiger partial charge is 0.462 e. The van der Waals surface area contributed by atoms with E-state index in [-0.39, 0.29) is 25.7 Å². The lowest BCUT2D eigenvalue weighted by molar-refractivity contribution is -0.161. The van der Waals surface area contributed by atoms with Crippen molar-refractivity contribution in [1.29, 1.82) is 0 Å². The molecule has 0 heterocycles. The molecule has 5 atom stereocenters. The van der Waals surface area contributed by atoms with Crippen LogP contribution in [0.3, 0.4) is 0 Å². The van der Waals surface area contributed by atoms with E-state index in [1.54, 1.807) is 0 Å². The molecule has 0 rings (SSSR count). The summed E-state index contributed by atoms with van der Waals surface area (Å²) < 4.78 is 68.3. The molecule has 0 saturated heterocycles. The highest BCUT2D eigenvalue weighted by molar-refractivity contribution is 7.47. The highest BCUT2D eigenvalue weighted by Crippen LogP contribution is 2.45. The molecule has 17 nitrogen and oxygen atoms in total. The van der Waals surface area contributed by atoms with Crippen molar-refractivity contribution in [3.05, 3.63) is 0 Å². The average molecular weight is 1330 g/mol. The summed E-state index contributed by atoms with van der Waals surface area (Å²) in [6.07, 6.45) is 43.3. The van der Waals surface area contributed by atoms with Gasteiger partial charge >= 0.3 is 39.5 Å². The number of esters is 4. The highest BCUT2D eigenvalue weighted by Gasteiger charge is 2.30. The van der Waals surface area contributed by atoms with Crippen LogP contribution < -0.4 is 0 Å². The van der Waals surface area contributed by atoms with Gasteiger partial charge in [-0.25, -0.2) is 9.13 Å². The van der Waals surface area contributed by atoms with E-state index in [1.165, 1.54) is 148 Å². The van der Waals surface area contributed by atoms with Gasteiger partial charge in [0, 0.05) is 25.7 Å². The molecule has 534 valence electrons. The summed E-state index contributed by atoms with van der Waals surface area (Å²) in [4.78, 5) is 72.5. The molecule has 0 aromatic heterocycles. The van der Waals surface area contributed by atoms with E-state index >= 15 is 0 Å². The van der Waals surface area contributed by atoms with Crippen LogP contribution in [0.25, 0.3) is 0 Å². The zero-order chi connectivity index (χ0) is 66.8. The molecule has 0 radical (unpaired) electrons. The summed E-state index contributed by atoms with van der Waals surface area (Å²) in [5.74, 6) is 0.812. The molecule has 0 aromatic rings. The number of ether oxygens (including phenoxy) is 4. The van der Waals surface area contributed by atoms with E-state index in [0.717, 1.165) is 108 Å². The Balaban J connectivity index is 5.20. The number of aliphatic hydroxyl groups is 1. The monoisotopic (exact) mass is 1320 g/mol. The second kappa shape index (κ2) is 60.7. The first kappa shape index (κ1) is 88.1. The maximum absolute atomic E-state index is 13.0. The average Bonchev–Trinajstić information content (AvgIpc) is 3.70. The molecule has 0 aliphatic carbocycles. The first-order valence-corrected chi connectivity index (χ1v) is 39.7. The molecule has 3 unspecified atom stereocenters. The summed E-state index contributed by atoms with van der Waals surface area (Å²) in [6.45, 7) is 14.0. The van der Waals surface area contributed by atoms with Gasteiger partial charge in [0.1, 0.15) is 19.3 Å². The van der Waals surface area contributed by atoms with Crippen molar-refractivity contribution in [2.45, 2.75) is 369 Å². The topological polar surface area (TPSA) is 237 Å². The normalized spacial score (nSPS) is 14.3. The fraction of sp³-hybridized carbons (Fsp3) is 0.944. The third kappa shape index (κ3) is 64.8. The number of rotatable bonds is 68. The van der Waals surface area contributed by atoms with Gasteiger partial charge < -0.3 is 33.8 Å². The van der Waals surface area contributed by atoms with Crippen LogP contribution in [-0.4, -0.2) is 96.7 Å². The van der Waals surface area contributed by atoms with Gasteiger partial charge in [-0.1, -0.05) is 299 Å². The minimum atomic E-state index is -4.95. The number of carbonyl (C=O) groups excluding carboxylic acids is 4. The molecule has 0 fully saturated rings. The van der Waals surface area contributed by atoms with Crippen molar-refractivity contribution in [3.8, 4) is 0 Å². The maximum atomic E-state index is 13.0. The van der Waals surface area contributed by atoms with Gasteiger partial charge in [0.2, 0.25) is 0 Å². The van der Waals surface area contributed by atoms with E-state index in [0.29, 0.717) is 37.5 Å². The van der Waals surface area contributed by atoms with Crippen LogP contribution in [0.5, 0.6) is 0 Å². The Morgan fingerprint density at radius 1 is 0.278 bits per heavy atom. The van der Waals surface area contributed by atoms with Crippen LogP contribution >= 0.6 is 15.6 Å². The van der Waals surface area contributed by atoms with Crippen LogP contribution in [0.4, 0.5) is 0 Å². The van der Waals surface area contributed by atoms with E-state index in [1.807, 2.05) is 0 Å². The van der Waals surface area contributed by atoms with Crippen LogP contribution in [0.15, 0.2) is 0 Å². The van der Waals surface area contributed by atoms with Crippen molar-refractivity contribution in [3.63, 3.8) is 0 Å². The molecule has 0 spiro atoms. The van der Waals surface area contributed by atoms with Crippen molar-refractivity contribution in [1.82, 2.24) is 0 Å². The number of unbranched alkanes of at least 4 members (excludes halogenated alkanes) is 34. The quantitative estimate of drug-likeness (QED) is 0.0222. The molecule has 0 saturated carbocycles. The van der Waals surface area contributed by atoms with E-state index in [9.17, 15) is 43.2 Å². The van der Waals surface area contributed by atoms with Crippen LogP contribution in [-0.2, 0) is 65.4 Å². The zero-order valence-electron chi connectivity index (χ0n) is 58.8. The molecule has 0 amide bonds. The second-order valence-corrected chi connectivity index (χ2v) is 30.4. The largest absolute Gasteiger partial charge is 0.472 e. The number of hydrogen-bond acceptors (Lipinski definition) is 15. The molecule has 3 N–H and O–H groups in total. The summed E-state index contributed by atoms with van der Waals surface area (Å²) >= 11 is 0. The lowest BCUT2D eigenvalue weighted by Crippen LogP contribution is -2.30. The molecule has 0 bridgehead atoms. The molecule has 19 heteroatoms. The van der Waals surface area contributed by atoms with Gasteiger partial charge in [-0.3, -0.25) is 37.3 Å². The van der Waals surface area contributed by atoms with Crippen LogP contribution in [0.1, 0.15) is 351 Å². The third-order valence-corrected chi connectivity index (χ3v) is 18.2. The van der Waals surface area contributed by atoms with E-state index < -0.39 is 97.5 Å². The van der Waals surface area contributed by atoms with Gasteiger partial charge in [0.25, 0.3) is 0 Å². The van der Waals surface area contributed by atoms with Gasteiger partial charge in [-0.05, 0) is 49.4 Å². The minimum absolute atomic E-state index is 0.102. The summed E-state index contributed by atoms with van der Waals surface area (Å²) in [6, 6.07) is 0. The fourth-order valence-corrected chi connectivity index (χ4v) is 12.2. The molecule has 0 aromatic carbocycles. The predicted octanol–water partition coefficient (Wildman–Crippen LogP) is 20.1. The Kier molecular flexibility index (Phi) is 59.4. The number of hydrogen-bond donors (Lipinski definition) is 3. The lowest BCUT2D eigenvalue weighted by atomic mass is 10.0. The van der Waals surface area contributed by atoms with Gasteiger partial charge in [0.05, 0.1) is 26.4 Å². The third-order valence-electron chi connectivity index (χ3n) is 16.3. The second-order valence-electron chi connectivity index (χ2n) is 27.5. The molecule has 0 aliphatic rings. The fourth-order valence-electron chi connectivity index (χ4n) is 10.7. The number of aliphatic hydroxyl groups excluding tert-OH is 1. The number of phosphoric acid groups is 2. The van der Waals surface area contributed by atoms with Crippen molar-refractivity contribution in [2.75, 3.05) is 39.6 Å².